The number of anilines is 1. The molecular weight excluding hydrogens is 572 g/mol. The summed E-state index contributed by atoms with van der Waals surface area (Å²) < 4.78 is 13.8. The number of aliphatic hydroxyl groups is 2. The molecule has 226 valence electrons. The van der Waals surface area contributed by atoms with E-state index in [0.717, 1.165) is 0 Å². The van der Waals surface area contributed by atoms with Crippen molar-refractivity contribution in [3.63, 3.8) is 0 Å². The van der Waals surface area contributed by atoms with E-state index in [1.54, 1.807) is 36.4 Å². The van der Waals surface area contributed by atoms with Gasteiger partial charge < -0.3 is 30.1 Å². The zero-order chi connectivity index (χ0) is 30.6. The van der Waals surface area contributed by atoms with Crippen molar-refractivity contribution in [1.82, 2.24) is 4.90 Å². The molecular formula is C33H35ClN2O7. The van der Waals surface area contributed by atoms with Crippen molar-refractivity contribution in [3.8, 4) is 0 Å². The number of hydrogen-bond acceptors (Lipinski definition) is 7. The molecule has 1 amide bonds. The second kappa shape index (κ2) is 10.7. The van der Waals surface area contributed by atoms with Crippen LogP contribution in [0.1, 0.15) is 44.2 Å². The van der Waals surface area contributed by atoms with Crippen LogP contribution in [-0.2, 0) is 30.4 Å². The van der Waals surface area contributed by atoms with Gasteiger partial charge in [0.05, 0.1) is 18.6 Å². The number of aliphatic carboxylic acids is 1. The fourth-order valence-electron chi connectivity index (χ4n) is 7.33. The van der Waals surface area contributed by atoms with Crippen LogP contribution < -0.4 is 5.32 Å². The third-order valence-corrected chi connectivity index (χ3v) is 9.33. The molecule has 3 unspecified atom stereocenters. The monoisotopic (exact) mass is 606 g/mol. The third-order valence-electron chi connectivity index (χ3n) is 9.08. The molecule has 3 aromatic carbocycles. The van der Waals surface area contributed by atoms with E-state index in [1.165, 1.54) is 0 Å². The zero-order valence-electron chi connectivity index (χ0n) is 23.9. The number of aliphatic hydroxyl groups excluding tert-OH is 1. The van der Waals surface area contributed by atoms with Gasteiger partial charge in [-0.1, -0.05) is 86.1 Å². The van der Waals surface area contributed by atoms with Crippen LogP contribution in [0.2, 0.25) is 5.02 Å². The number of para-hydroxylation sites is 1. The maximum absolute atomic E-state index is 14.6. The first-order chi connectivity index (χ1) is 20.5. The van der Waals surface area contributed by atoms with Crippen molar-refractivity contribution < 1.29 is 34.4 Å². The molecule has 3 saturated heterocycles. The lowest BCUT2D eigenvalue weighted by atomic mass is 9.73. The normalized spacial score (nSPS) is 32.1. The molecule has 0 saturated carbocycles. The summed E-state index contributed by atoms with van der Waals surface area (Å²) in [4.78, 5) is 27.8. The quantitative estimate of drug-likeness (QED) is 0.262. The summed E-state index contributed by atoms with van der Waals surface area (Å²) >= 11 is 6.32. The average molecular weight is 607 g/mol. The third kappa shape index (κ3) is 4.18. The molecule has 43 heavy (non-hydrogen) atoms. The molecule has 3 fully saturated rings. The van der Waals surface area contributed by atoms with E-state index in [1.807, 2.05) is 67.3 Å². The van der Waals surface area contributed by atoms with Crippen LogP contribution >= 0.6 is 11.6 Å². The number of benzene rings is 3. The second-order valence-electron chi connectivity index (χ2n) is 11.8. The van der Waals surface area contributed by atoms with Gasteiger partial charge in [-0.2, -0.15) is 0 Å². The van der Waals surface area contributed by atoms with E-state index < -0.39 is 59.1 Å². The fraction of sp³-hybridized carbons (Fsp3) is 0.394. The highest BCUT2D eigenvalue weighted by atomic mass is 35.5. The molecule has 3 aliphatic rings. The number of nitrogens with zero attached hydrogens (tertiary/aromatic N) is 1. The molecule has 0 aliphatic carbocycles. The summed E-state index contributed by atoms with van der Waals surface area (Å²) in [6, 6.07) is 25.3. The number of morpholine rings is 1. The van der Waals surface area contributed by atoms with Crippen LogP contribution in [-0.4, -0.2) is 62.2 Å². The number of amides is 1. The highest BCUT2D eigenvalue weighted by Gasteiger charge is 2.99. The molecule has 3 aliphatic heterocycles. The SMILES string of the molecule is CC(C)C1(O)N2CC[C@@H](C[C@@H](O)CC(=O)O)O[C@@]2(c2ccc(Cl)cc2)C2(c3ccccc3)OC12C(=O)Nc1ccccc1. The van der Waals surface area contributed by atoms with E-state index in [2.05, 4.69) is 5.32 Å². The van der Waals surface area contributed by atoms with Gasteiger partial charge in [-0.25, -0.2) is 4.90 Å². The highest BCUT2D eigenvalue weighted by molar-refractivity contribution is 6.30. The van der Waals surface area contributed by atoms with Crippen molar-refractivity contribution in [2.45, 2.75) is 68.0 Å². The first-order valence-corrected chi connectivity index (χ1v) is 14.9. The Hall–Kier alpha value is -3.31. The molecule has 6 atom stereocenters. The molecule has 4 N–H and O–H groups in total. The van der Waals surface area contributed by atoms with Crippen LogP contribution in [0, 0.1) is 5.92 Å². The first-order valence-electron chi connectivity index (χ1n) is 14.5. The number of ether oxygens (including phenoxy) is 2. The van der Waals surface area contributed by atoms with Crippen LogP contribution in [0.4, 0.5) is 5.69 Å². The summed E-state index contributed by atoms with van der Waals surface area (Å²) in [6.07, 6.45) is -1.78. The van der Waals surface area contributed by atoms with Gasteiger partial charge in [0.25, 0.3) is 5.91 Å². The largest absolute Gasteiger partial charge is 0.481 e. The second-order valence-corrected chi connectivity index (χ2v) is 12.3. The first kappa shape index (κ1) is 29.7. The maximum atomic E-state index is 14.6. The van der Waals surface area contributed by atoms with Gasteiger partial charge in [-0.3, -0.25) is 9.59 Å². The van der Waals surface area contributed by atoms with Gasteiger partial charge in [-0.05, 0) is 42.2 Å². The number of halogens is 1. The van der Waals surface area contributed by atoms with Gasteiger partial charge in [-0.15, -0.1) is 0 Å². The van der Waals surface area contributed by atoms with E-state index in [4.69, 9.17) is 21.1 Å². The molecule has 0 spiro atoms. The highest BCUT2D eigenvalue weighted by Crippen LogP contribution is 2.79. The van der Waals surface area contributed by atoms with Gasteiger partial charge >= 0.3 is 5.97 Å². The Labute approximate surface area is 255 Å². The lowest BCUT2D eigenvalue weighted by Gasteiger charge is -2.54. The minimum atomic E-state index is -1.86. The zero-order valence-corrected chi connectivity index (χ0v) is 24.7. The van der Waals surface area contributed by atoms with E-state index in [0.29, 0.717) is 28.3 Å². The Kier molecular flexibility index (Phi) is 7.40. The van der Waals surface area contributed by atoms with Crippen LogP contribution in [0.3, 0.4) is 0 Å². The Morgan fingerprint density at radius 3 is 2.23 bits per heavy atom. The lowest BCUT2D eigenvalue weighted by Crippen LogP contribution is -2.68. The predicted octanol–water partition coefficient (Wildman–Crippen LogP) is 4.47. The fourth-order valence-corrected chi connectivity index (χ4v) is 7.46. The molecule has 6 rings (SSSR count). The number of carboxylic acids is 1. The van der Waals surface area contributed by atoms with Crippen molar-refractivity contribution in [2.24, 2.45) is 5.92 Å². The van der Waals surface area contributed by atoms with Gasteiger partial charge in [0.1, 0.15) is 0 Å². The molecule has 3 heterocycles. The number of fused-ring (bicyclic) bond motifs is 3. The lowest BCUT2D eigenvalue weighted by molar-refractivity contribution is -0.326. The Morgan fingerprint density at radius 1 is 1.00 bits per heavy atom. The van der Waals surface area contributed by atoms with E-state index in [9.17, 15) is 24.9 Å². The molecule has 10 heteroatoms. The topological polar surface area (TPSA) is 132 Å². The number of hydrogen-bond donors (Lipinski definition) is 4. The summed E-state index contributed by atoms with van der Waals surface area (Å²) in [5.41, 5.74) is -5.00. The molecule has 3 aromatic rings. The number of carboxylic acid groups (broad SMARTS) is 1. The molecule has 9 nitrogen and oxygen atoms in total. The van der Waals surface area contributed by atoms with Gasteiger partial charge in [0.2, 0.25) is 5.60 Å². The number of epoxide rings is 1. The average Bonchev–Trinajstić information content (AvgIpc) is 3.67. The Morgan fingerprint density at radius 2 is 1.63 bits per heavy atom. The van der Waals surface area contributed by atoms with Crippen molar-refractivity contribution in [1.29, 1.82) is 0 Å². The van der Waals surface area contributed by atoms with E-state index in [-0.39, 0.29) is 13.0 Å². The van der Waals surface area contributed by atoms with Crippen molar-refractivity contribution >= 4 is 29.2 Å². The van der Waals surface area contributed by atoms with E-state index >= 15 is 0 Å². The van der Waals surface area contributed by atoms with Crippen molar-refractivity contribution in [3.05, 3.63) is 101 Å². The van der Waals surface area contributed by atoms with Crippen molar-refractivity contribution in [2.75, 3.05) is 11.9 Å². The minimum Gasteiger partial charge on any atom is -0.481 e. The number of rotatable bonds is 9. The minimum absolute atomic E-state index is 0.0453. The van der Waals surface area contributed by atoms with Crippen LogP contribution in [0.5, 0.6) is 0 Å². The molecule has 0 aromatic heterocycles. The predicted molar refractivity (Wildman–Crippen MR) is 159 cm³/mol. The molecule has 0 radical (unpaired) electrons. The van der Waals surface area contributed by atoms with Crippen LogP contribution in [0.15, 0.2) is 84.9 Å². The Balaban J connectivity index is 1.59. The number of carbonyl (C=O) groups excluding carboxylic acids is 1. The maximum Gasteiger partial charge on any atom is 0.305 e. The summed E-state index contributed by atoms with van der Waals surface area (Å²) in [5, 5.41) is 36.4. The smallest absolute Gasteiger partial charge is 0.305 e. The van der Waals surface area contributed by atoms with Gasteiger partial charge in [0, 0.05) is 29.2 Å². The summed E-state index contributed by atoms with van der Waals surface area (Å²) in [7, 11) is 0. The summed E-state index contributed by atoms with van der Waals surface area (Å²) in [5.74, 6) is -2.14. The standard InChI is InChI=1S/C33H35ClN2O7/c1-21(2)32(41)31(29(40)35-25-11-7-4-8-12-25)30(43-31,22-9-5-3-6-10-22)33(23-13-15-24(34)16-14-23)36(32)18-17-27(42-33)19-26(37)20-28(38)39/h3-16,21,26-27,37,41H,17-20H2,1-2H3,(H,35,40)(H,38,39)/t26-,27+,30?,31?,32?,33+/m1/s1. The van der Waals surface area contributed by atoms with Gasteiger partial charge in [0.15, 0.2) is 17.1 Å². The Bertz CT molecular complexity index is 1510. The molecule has 0 bridgehead atoms. The number of nitrogens with one attached hydrogen (secondary N) is 1. The number of carbonyl (C=O) groups is 2. The summed E-state index contributed by atoms with van der Waals surface area (Å²) in [6.45, 7) is 3.96. The van der Waals surface area contributed by atoms with Crippen LogP contribution in [0.25, 0.3) is 0 Å².